The van der Waals surface area contributed by atoms with Crippen molar-refractivity contribution in [1.82, 2.24) is 24.9 Å². The van der Waals surface area contributed by atoms with Crippen molar-refractivity contribution in [2.75, 3.05) is 54.4 Å². The Balaban J connectivity index is 2.18. The van der Waals surface area contributed by atoms with Crippen LogP contribution in [0.3, 0.4) is 0 Å². The van der Waals surface area contributed by atoms with Crippen molar-refractivity contribution in [2.24, 2.45) is 0 Å². The zero-order valence-electron chi connectivity index (χ0n) is 13.3. The molecule has 0 amide bonds. The molecule has 1 aromatic heterocycles. The molecule has 120 valence electrons. The number of hydrogen-bond donors (Lipinski definition) is 1. The first-order chi connectivity index (χ1) is 10.0. The zero-order valence-corrected chi connectivity index (χ0v) is 14.9. The highest BCUT2D eigenvalue weighted by Crippen LogP contribution is 2.28. The van der Waals surface area contributed by atoms with Gasteiger partial charge in [-0.25, -0.2) is 0 Å². The van der Waals surface area contributed by atoms with Crippen molar-refractivity contribution in [3.8, 4) is 0 Å². The van der Waals surface area contributed by atoms with E-state index in [1.54, 1.807) is 0 Å². The first-order valence-electron chi connectivity index (χ1n) is 7.36. The molecule has 0 aromatic carbocycles. The van der Waals surface area contributed by atoms with Crippen LogP contribution in [0, 0.1) is 0 Å². The molecule has 0 radical (unpaired) electrons. The molecule has 1 aliphatic rings. The van der Waals surface area contributed by atoms with Crippen LogP contribution >= 0.6 is 15.9 Å². The molecule has 0 spiro atoms. The van der Waals surface area contributed by atoms with Gasteiger partial charge in [0.15, 0.2) is 0 Å². The number of halogens is 1. The van der Waals surface area contributed by atoms with E-state index >= 15 is 0 Å². The summed E-state index contributed by atoms with van der Waals surface area (Å²) < 4.78 is 9.10. The van der Waals surface area contributed by atoms with Gasteiger partial charge >= 0.3 is 0 Å². The number of nitrogens with zero attached hydrogens (tertiary/aromatic N) is 4. The summed E-state index contributed by atoms with van der Waals surface area (Å²) in [6.45, 7) is 4.53. The van der Waals surface area contributed by atoms with E-state index in [9.17, 15) is 0 Å². The highest BCUT2D eigenvalue weighted by Gasteiger charge is 2.30. The second-order valence-corrected chi connectivity index (χ2v) is 6.70. The summed E-state index contributed by atoms with van der Waals surface area (Å²) in [7, 11) is 8.28. The quantitative estimate of drug-likeness (QED) is 0.813. The van der Waals surface area contributed by atoms with Gasteiger partial charge in [0.05, 0.1) is 41.7 Å². The Labute approximate surface area is 135 Å². The molecule has 1 saturated heterocycles. The smallest absolute Gasteiger partial charge is 0.0912 e. The van der Waals surface area contributed by atoms with E-state index in [4.69, 9.17) is 4.74 Å². The van der Waals surface area contributed by atoms with Crippen LogP contribution in [0.1, 0.15) is 11.7 Å². The lowest BCUT2D eigenvalue weighted by atomic mass is 10.1. The highest BCUT2D eigenvalue weighted by molar-refractivity contribution is 9.10. The predicted molar refractivity (Wildman–Crippen MR) is 87.5 cm³/mol. The number of aromatic nitrogens is 2. The van der Waals surface area contributed by atoms with Crippen LogP contribution in [0.5, 0.6) is 0 Å². The monoisotopic (exact) mass is 359 g/mol. The van der Waals surface area contributed by atoms with E-state index in [0.717, 1.165) is 37.3 Å². The number of rotatable bonds is 6. The first-order valence-corrected chi connectivity index (χ1v) is 8.15. The summed E-state index contributed by atoms with van der Waals surface area (Å²) in [5, 5.41) is 7.91. The standard InChI is InChI=1S/C14H26BrN5O/c1-16-13(12-10-19(4)7-8-21-12)14-11(15)9-17-20(14)6-5-18(2)3/h9,12-13,16H,5-8,10H2,1-4H3. The topological polar surface area (TPSA) is 45.6 Å². The van der Waals surface area contributed by atoms with Gasteiger partial charge in [-0.1, -0.05) is 0 Å². The Bertz CT molecular complexity index is 451. The largest absolute Gasteiger partial charge is 0.374 e. The SMILES string of the molecule is CNC(c1c(Br)cnn1CCN(C)C)C1CN(C)CCO1. The van der Waals surface area contributed by atoms with Crippen LogP contribution < -0.4 is 5.32 Å². The highest BCUT2D eigenvalue weighted by atomic mass is 79.9. The molecule has 21 heavy (non-hydrogen) atoms. The van der Waals surface area contributed by atoms with Gasteiger partial charge in [-0.3, -0.25) is 4.68 Å². The second-order valence-electron chi connectivity index (χ2n) is 5.84. The first kappa shape index (κ1) is 16.9. The van der Waals surface area contributed by atoms with Gasteiger partial charge in [0.25, 0.3) is 0 Å². The van der Waals surface area contributed by atoms with Crippen LogP contribution in [0.25, 0.3) is 0 Å². The number of likely N-dealkylation sites (N-methyl/N-ethyl adjacent to an activating group) is 3. The van der Waals surface area contributed by atoms with Crippen molar-refractivity contribution in [3.63, 3.8) is 0 Å². The predicted octanol–water partition coefficient (Wildman–Crippen LogP) is 0.798. The molecule has 2 unspecified atom stereocenters. The molecule has 2 atom stereocenters. The number of hydrogen-bond acceptors (Lipinski definition) is 5. The Morgan fingerprint density at radius 1 is 1.57 bits per heavy atom. The summed E-state index contributed by atoms with van der Waals surface area (Å²) >= 11 is 3.64. The molecule has 0 aliphatic carbocycles. The summed E-state index contributed by atoms with van der Waals surface area (Å²) in [6.07, 6.45) is 2.02. The fourth-order valence-electron chi connectivity index (χ4n) is 2.67. The van der Waals surface area contributed by atoms with Gasteiger partial charge < -0.3 is 19.9 Å². The van der Waals surface area contributed by atoms with Crippen molar-refractivity contribution in [1.29, 1.82) is 0 Å². The van der Waals surface area contributed by atoms with E-state index in [1.807, 2.05) is 13.2 Å². The molecule has 1 N–H and O–H groups in total. The third-order valence-electron chi connectivity index (χ3n) is 3.87. The maximum Gasteiger partial charge on any atom is 0.0912 e. The molecule has 7 heteroatoms. The molecule has 2 heterocycles. The van der Waals surface area contributed by atoms with Crippen LogP contribution in [0.15, 0.2) is 10.7 Å². The van der Waals surface area contributed by atoms with Crippen molar-refractivity contribution < 1.29 is 4.74 Å². The maximum atomic E-state index is 5.98. The number of nitrogens with one attached hydrogen (secondary N) is 1. The summed E-state index contributed by atoms with van der Waals surface area (Å²) in [6, 6.07) is 0.131. The van der Waals surface area contributed by atoms with E-state index < -0.39 is 0 Å². The maximum absolute atomic E-state index is 5.98. The molecule has 1 aliphatic heterocycles. The van der Waals surface area contributed by atoms with E-state index in [2.05, 4.69) is 62.0 Å². The average Bonchev–Trinajstić information content (AvgIpc) is 2.79. The third-order valence-corrected chi connectivity index (χ3v) is 4.48. The normalized spacial score (nSPS) is 21.9. The van der Waals surface area contributed by atoms with Crippen LogP contribution in [0.4, 0.5) is 0 Å². The Kier molecular flexibility index (Phi) is 6.19. The summed E-state index contributed by atoms with van der Waals surface area (Å²) in [5.74, 6) is 0. The van der Waals surface area contributed by atoms with Gasteiger partial charge in [0.2, 0.25) is 0 Å². The number of ether oxygens (including phenoxy) is 1. The fraction of sp³-hybridized carbons (Fsp3) is 0.786. The Hall–Kier alpha value is -0.470. The minimum atomic E-state index is 0.131. The van der Waals surface area contributed by atoms with Gasteiger partial charge in [-0.15, -0.1) is 0 Å². The third kappa shape index (κ3) is 4.26. The molecule has 6 nitrogen and oxygen atoms in total. The number of morpholine rings is 1. The molecular weight excluding hydrogens is 334 g/mol. The van der Waals surface area contributed by atoms with Gasteiger partial charge in [-0.2, -0.15) is 5.10 Å². The van der Waals surface area contributed by atoms with Crippen molar-refractivity contribution in [3.05, 3.63) is 16.4 Å². The second kappa shape index (κ2) is 7.69. The van der Waals surface area contributed by atoms with E-state index in [1.165, 1.54) is 5.69 Å². The Morgan fingerprint density at radius 3 is 2.95 bits per heavy atom. The van der Waals surface area contributed by atoms with E-state index in [0.29, 0.717) is 0 Å². The zero-order chi connectivity index (χ0) is 15.4. The minimum absolute atomic E-state index is 0.131. The average molecular weight is 360 g/mol. The van der Waals surface area contributed by atoms with Crippen molar-refractivity contribution >= 4 is 15.9 Å². The van der Waals surface area contributed by atoms with Gasteiger partial charge in [0, 0.05) is 19.6 Å². The van der Waals surface area contributed by atoms with Crippen LogP contribution in [0.2, 0.25) is 0 Å². The van der Waals surface area contributed by atoms with E-state index in [-0.39, 0.29) is 12.1 Å². The lowest BCUT2D eigenvalue weighted by molar-refractivity contribution is -0.0396. The van der Waals surface area contributed by atoms with Gasteiger partial charge in [-0.05, 0) is 44.1 Å². The minimum Gasteiger partial charge on any atom is -0.374 e. The molecule has 0 saturated carbocycles. The van der Waals surface area contributed by atoms with Crippen molar-refractivity contribution in [2.45, 2.75) is 18.7 Å². The Morgan fingerprint density at radius 2 is 2.33 bits per heavy atom. The van der Waals surface area contributed by atoms with Crippen LogP contribution in [-0.4, -0.2) is 80.1 Å². The summed E-state index contributed by atoms with van der Waals surface area (Å²) in [5.41, 5.74) is 1.17. The molecule has 1 aromatic rings. The molecule has 0 bridgehead atoms. The van der Waals surface area contributed by atoms with Gasteiger partial charge in [0.1, 0.15) is 0 Å². The lowest BCUT2D eigenvalue weighted by Crippen LogP contribution is -2.46. The molecule has 2 rings (SSSR count). The van der Waals surface area contributed by atoms with Crippen LogP contribution in [-0.2, 0) is 11.3 Å². The summed E-state index contributed by atoms with van der Waals surface area (Å²) in [4.78, 5) is 4.48. The molecule has 1 fully saturated rings. The lowest BCUT2D eigenvalue weighted by Gasteiger charge is -2.35. The fourth-order valence-corrected chi connectivity index (χ4v) is 3.21. The molecular formula is C14H26BrN5O.